The van der Waals surface area contributed by atoms with Crippen LogP contribution in [0.1, 0.15) is 226 Å². The summed E-state index contributed by atoms with van der Waals surface area (Å²) in [5, 5.41) is 2.89. The smallest absolute Gasteiger partial charge is 0.344 e. The van der Waals surface area contributed by atoms with Crippen LogP contribution in [0.3, 0.4) is 0 Å². The highest BCUT2D eigenvalue weighted by Gasteiger charge is 2.27. The molecule has 0 aliphatic rings. The van der Waals surface area contributed by atoms with Crippen molar-refractivity contribution in [2.75, 3.05) is 66.6 Å². The lowest BCUT2D eigenvalue weighted by molar-refractivity contribution is -0.121. The van der Waals surface area contributed by atoms with Crippen LogP contribution in [0.15, 0.2) is 0 Å². The van der Waals surface area contributed by atoms with Crippen LogP contribution in [0.4, 0.5) is 0 Å². The monoisotopic (exact) mass is 803 g/mol. The van der Waals surface area contributed by atoms with E-state index in [-0.39, 0.29) is 12.2 Å². The number of rotatable bonds is 47. The van der Waals surface area contributed by atoms with E-state index in [1.807, 2.05) is 11.9 Å². The number of hydrogen-bond donors (Lipinski definition) is 1. The molecule has 0 bridgehead atoms. The molecule has 0 saturated heterocycles. The third kappa shape index (κ3) is 42.9. The summed E-state index contributed by atoms with van der Waals surface area (Å²) in [5.74, 6) is -0.0415. The van der Waals surface area contributed by atoms with Crippen LogP contribution in [0, 0.1) is 0 Å². The maximum absolute atomic E-state index is 13.9. The quantitative estimate of drug-likeness (QED) is 0.0484. The van der Waals surface area contributed by atoms with E-state index in [1.54, 1.807) is 7.11 Å². The van der Waals surface area contributed by atoms with Gasteiger partial charge in [0.15, 0.2) is 0 Å². The average Bonchev–Trinajstić information content (AvgIpc) is 3.17. The third-order valence-electron chi connectivity index (χ3n) is 10.7. The average molecular weight is 803 g/mol. The van der Waals surface area contributed by atoms with Crippen LogP contribution in [0.2, 0.25) is 0 Å². The summed E-state index contributed by atoms with van der Waals surface area (Å²) >= 11 is 0. The normalized spacial score (nSPS) is 11.9. The molecule has 0 aromatic heterocycles. The first kappa shape index (κ1) is 54.5. The van der Waals surface area contributed by atoms with E-state index in [1.165, 1.54) is 180 Å². The van der Waals surface area contributed by atoms with Crippen LogP contribution in [-0.2, 0) is 27.9 Å². The van der Waals surface area contributed by atoms with Gasteiger partial charge in [-0.3, -0.25) is 14.3 Å². The minimum atomic E-state index is -3.29. The number of methoxy groups -OCH3 is 1. The summed E-state index contributed by atoms with van der Waals surface area (Å²) in [4.78, 5) is 14.3. The maximum atomic E-state index is 13.9. The van der Waals surface area contributed by atoms with Crippen molar-refractivity contribution in [2.24, 2.45) is 0 Å². The molecule has 0 aliphatic heterocycles. The molecular weight excluding hydrogens is 707 g/mol. The van der Waals surface area contributed by atoms with Gasteiger partial charge >= 0.3 is 7.60 Å². The summed E-state index contributed by atoms with van der Waals surface area (Å²) in [6.07, 6.45) is 42.8. The van der Waals surface area contributed by atoms with E-state index in [0.717, 1.165) is 25.7 Å². The molecule has 0 radical (unpaired) electrons. The van der Waals surface area contributed by atoms with Gasteiger partial charge in [-0.1, -0.05) is 206 Å². The van der Waals surface area contributed by atoms with Crippen molar-refractivity contribution in [1.29, 1.82) is 0 Å². The Morgan fingerprint density at radius 1 is 0.491 bits per heavy atom. The SMILES string of the molecule is CCCCCCCCCCCCCCCCCCOP(=O)(CN(C)CCC(=O)NCCOCCOC)OCCCCCCCCCCCCCCCCCC. The van der Waals surface area contributed by atoms with Gasteiger partial charge in [-0.15, -0.1) is 0 Å². The second kappa shape index (κ2) is 44.6. The molecule has 0 aromatic rings. The molecule has 1 amide bonds. The fraction of sp³-hybridized carbons (Fsp3) is 0.978. The Hall–Kier alpha value is -0.500. The lowest BCUT2D eigenvalue weighted by Crippen LogP contribution is -2.31. The maximum Gasteiger partial charge on any atom is 0.344 e. The summed E-state index contributed by atoms with van der Waals surface area (Å²) in [6, 6.07) is 0. The summed E-state index contributed by atoms with van der Waals surface area (Å²) in [6.45, 7) is 7.98. The van der Waals surface area contributed by atoms with E-state index in [4.69, 9.17) is 18.5 Å². The Bertz CT molecular complexity index is 777. The number of carbonyl (C=O) groups is 1. The molecule has 0 aliphatic carbocycles. The summed E-state index contributed by atoms with van der Waals surface area (Å²) < 4.78 is 36.3. The lowest BCUT2D eigenvalue weighted by Gasteiger charge is -2.24. The van der Waals surface area contributed by atoms with Crippen LogP contribution in [-0.4, -0.2) is 77.4 Å². The van der Waals surface area contributed by atoms with E-state index in [0.29, 0.717) is 52.5 Å². The fourth-order valence-corrected chi connectivity index (χ4v) is 8.87. The molecule has 0 heterocycles. The number of carbonyl (C=O) groups excluding carboxylic acids is 1. The van der Waals surface area contributed by atoms with Gasteiger partial charge in [0.2, 0.25) is 5.91 Å². The largest absolute Gasteiger partial charge is 0.382 e. The molecule has 330 valence electrons. The van der Waals surface area contributed by atoms with Gasteiger partial charge in [0.1, 0.15) is 6.29 Å². The lowest BCUT2D eigenvalue weighted by atomic mass is 10.0. The fourth-order valence-electron chi connectivity index (χ4n) is 7.08. The molecule has 8 nitrogen and oxygen atoms in total. The number of hydrogen-bond acceptors (Lipinski definition) is 7. The predicted molar refractivity (Wildman–Crippen MR) is 236 cm³/mol. The van der Waals surface area contributed by atoms with Crippen molar-refractivity contribution >= 4 is 13.5 Å². The van der Waals surface area contributed by atoms with E-state index < -0.39 is 7.60 Å². The van der Waals surface area contributed by atoms with Gasteiger partial charge in [0.05, 0.1) is 33.0 Å². The number of ether oxygens (including phenoxy) is 2. The van der Waals surface area contributed by atoms with Gasteiger partial charge in [0, 0.05) is 26.6 Å². The highest BCUT2D eigenvalue weighted by Crippen LogP contribution is 2.49. The van der Waals surface area contributed by atoms with Crippen molar-refractivity contribution in [2.45, 2.75) is 226 Å². The minimum absolute atomic E-state index is 0.0415. The van der Waals surface area contributed by atoms with Crippen LogP contribution in [0.5, 0.6) is 0 Å². The van der Waals surface area contributed by atoms with Crippen molar-refractivity contribution in [3.63, 3.8) is 0 Å². The minimum Gasteiger partial charge on any atom is -0.382 e. The van der Waals surface area contributed by atoms with Gasteiger partial charge in [-0.2, -0.15) is 0 Å². The first-order valence-corrected chi connectivity index (χ1v) is 25.6. The standard InChI is InChI=1S/C46H95N2O6P/c1-5-7-9-11-13-15-17-19-21-23-25-27-29-31-33-35-40-53-55(50,45-48(3)39-37-46(49)47-38-42-52-44-43-51-4)54-41-36-34-32-30-28-26-24-22-20-18-16-14-12-10-8-6-2/h5-45H2,1-4H3,(H,47,49). The predicted octanol–water partition coefficient (Wildman–Crippen LogP) is 13.8. The number of nitrogens with one attached hydrogen (secondary N) is 1. The highest BCUT2D eigenvalue weighted by molar-refractivity contribution is 7.53. The van der Waals surface area contributed by atoms with E-state index >= 15 is 0 Å². The number of unbranched alkanes of at least 4 members (excludes halogenated alkanes) is 30. The second-order valence-electron chi connectivity index (χ2n) is 16.3. The van der Waals surface area contributed by atoms with Crippen molar-refractivity contribution in [3.8, 4) is 0 Å². The first-order valence-electron chi connectivity index (χ1n) is 23.9. The molecule has 0 atom stereocenters. The Labute approximate surface area is 343 Å². The molecule has 0 fully saturated rings. The molecule has 0 spiro atoms. The number of amides is 1. The van der Waals surface area contributed by atoms with Crippen LogP contribution >= 0.6 is 7.60 Å². The zero-order valence-electron chi connectivity index (χ0n) is 37.3. The second-order valence-corrected chi connectivity index (χ2v) is 18.3. The Morgan fingerprint density at radius 3 is 1.18 bits per heavy atom. The molecule has 9 heteroatoms. The molecule has 0 aromatic carbocycles. The summed E-state index contributed by atoms with van der Waals surface area (Å²) in [7, 11) is 0.242. The van der Waals surface area contributed by atoms with Gasteiger partial charge < -0.3 is 23.8 Å². The van der Waals surface area contributed by atoms with Crippen LogP contribution < -0.4 is 5.32 Å². The van der Waals surface area contributed by atoms with E-state index in [2.05, 4.69) is 19.2 Å². The Balaban J connectivity index is 4.24. The zero-order chi connectivity index (χ0) is 40.2. The molecular formula is C46H95N2O6P. The van der Waals surface area contributed by atoms with Gasteiger partial charge in [0.25, 0.3) is 0 Å². The third-order valence-corrected chi connectivity index (χ3v) is 12.7. The topological polar surface area (TPSA) is 86.3 Å². The van der Waals surface area contributed by atoms with Crippen molar-refractivity contribution < 1.29 is 27.9 Å². The molecule has 55 heavy (non-hydrogen) atoms. The molecule has 0 saturated carbocycles. The number of nitrogens with zero attached hydrogens (tertiary/aromatic N) is 1. The van der Waals surface area contributed by atoms with E-state index in [9.17, 15) is 9.36 Å². The molecule has 1 N–H and O–H groups in total. The zero-order valence-corrected chi connectivity index (χ0v) is 38.2. The first-order chi connectivity index (χ1) is 27.0. The van der Waals surface area contributed by atoms with Gasteiger partial charge in [-0.05, 0) is 19.9 Å². The molecule has 0 rings (SSSR count). The highest BCUT2D eigenvalue weighted by atomic mass is 31.2. The van der Waals surface area contributed by atoms with Crippen LogP contribution in [0.25, 0.3) is 0 Å². The molecule has 0 unspecified atom stereocenters. The Morgan fingerprint density at radius 2 is 0.836 bits per heavy atom. The van der Waals surface area contributed by atoms with Crippen molar-refractivity contribution in [1.82, 2.24) is 10.2 Å². The van der Waals surface area contributed by atoms with Gasteiger partial charge in [-0.25, -0.2) is 0 Å². The Kier molecular flexibility index (Phi) is 44.2. The summed E-state index contributed by atoms with van der Waals surface area (Å²) in [5.41, 5.74) is 0. The van der Waals surface area contributed by atoms with Crippen molar-refractivity contribution in [3.05, 3.63) is 0 Å².